The van der Waals surface area contributed by atoms with Crippen molar-refractivity contribution < 1.29 is 9.59 Å². The zero-order valence-corrected chi connectivity index (χ0v) is 15.3. The van der Waals surface area contributed by atoms with Gasteiger partial charge in [-0.3, -0.25) is 9.69 Å². The van der Waals surface area contributed by atoms with Crippen LogP contribution in [0.4, 0.5) is 10.5 Å². The van der Waals surface area contributed by atoms with E-state index in [1.165, 1.54) is 0 Å². The molecule has 1 saturated heterocycles. The highest BCUT2D eigenvalue weighted by Gasteiger charge is 2.22. The van der Waals surface area contributed by atoms with Crippen LogP contribution >= 0.6 is 23.2 Å². The fourth-order valence-corrected chi connectivity index (χ4v) is 2.84. The topological polar surface area (TPSA) is 64.7 Å². The first-order valence-corrected chi connectivity index (χ1v) is 8.56. The van der Waals surface area contributed by atoms with Crippen molar-refractivity contribution in [2.45, 2.75) is 18.9 Å². The largest absolute Gasteiger partial charge is 0.348 e. The molecule has 0 radical (unpaired) electrons. The van der Waals surface area contributed by atoms with Crippen LogP contribution in [0.1, 0.15) is 12.8 Å². The Bertz CT molecular complexity index is 602. The van der Waals surface area contributed by atoms with Gasteiger partial charge in [-0.2, -0.15) is 0 Å². The number of piperidine rings is 1. The fourth-order valence-electron chi connectivity index (χ4n) is 2.51. The number of benzene rings is 1. The summed E-state index contributed by atoms with van der Waals surface area (Å²) in [7, 11) is 3.50. The molecule has 2 rings (SSSR count). The number of anilines is 1. The Balaban J connectivity index is 1.78. The van der Waals surface area contributed by atoms with Crippen LogP contribution in [0.2, 0.25) is 10.0 Å². The van der Waals surface area contributed by atoms with Crippen molar-refractivity contribution in [1.82, 2.24) is 15.1 Å². The van der Waals surface area contributed by atoms with Crippen molar-refractivity contribution in [3.8, 4) is 0 Å². The lowest BCUT2D eigenvalue weighted by atomic mass is 10.1. The molecule has 24 heavy (non-hydrogen) atoms. The average molecular weight is 373 g/mol. The Kier molecular flexibility index (Phi) is 6.71. The minimum Gasteiger partial charge on any atom is -0.348 e. The molecule has 3 amide bonds. The van der Waals surface area contributed by atoms with Crippen molar-refractivity contribution in [3.05, 3.63) is 28.2 Å². The van der Waals surface area contributed by atoms with E-state index in [1.807, 2.05) is 0 Å². The lowest BCUT2D eigenvalue weighted by Gasteiger charge is -2.32. The third-order valence-electron chi connectivity index (χ3n) is 3.96. The molecular weight excluding hydrogens is 351 g/mol. The van der Waals surface area contributed by atoms with Gasteiger partial charge in [-0.1, -0.05) is 23.2 Å². The third-order valence-corrected chi connectivity index (χ3v) is 4.52. The molecule has 0 aliphatic carbocycles. The number of amides is 3. The Morgan fingerprint density at radius 3 is 2.54 bits per heavy atom. The van der Waals surface area contributed by atoms with Crippen molar-refractivity contribution in [3.63, 3.8) is 0 Å². The minimum absolute atomic E-state index is 0.0775. The monoisotopic (exact) mass is 372 g/mol. The van der Waals surface area contributed by atoms with Crippen molar-refractivity contribution >= 4 is 40.8 Å². The number of nitrogens with one attached hydrogen (secondary N) is 2. The summed E-state index contributed by atoms with van der Waals surface area (Å²) in [5, 5.41) is 6.60. The lowest BCUT2D eigenvalue weighted by molar-refractivity contribution is -0.130. The number of likely N-dealkylation sites (tertiary alicyclic amines) is 1. The van der Waals surface area contributed by atoms with E-state index in [0.29, 0.717) is 22.3 Å². The van der Waals surface area contributed by atoms with Gasteiger partial charge in [0.25, 0.3) is 0 Å². The van der Waals surface area contributed by atoms with E-state index in [9.17, 15) is 9.59 Å². The van der Waals surface area contributed by atoms with Crippen molar-refractivity contribution in [2.24, 2.45) is 0 Å². The molecule has 1 fully saturated rings. The van der Waals surface area contributed by atoms with Gasteiger partial charge in [0.2, 0.25) is 5.91 Å². The van der Waals surface area contributed by atoms with Crippen LogP contribution in [0, 0.1) is 0 Å². The summed E-state index contributed by atoms with van der Waals surface area (Å²) in [4.78, 5) is 27.5. The van der Waals surface area contributed by atoms with Crippen LogP contribution in [0.15, 0.2) is 18.2 Å². The molecule has 8 heteroatoms. The number of urea groups is 1. The molecule has 0 atom stereocenters. The van der Waals surface area contributed by atoms with Crippen LogP contribution in [0.3, 0.4) is 0 Å². The molecular formula is C16H22Cl2N4O2. The Labute approximate surface area is 152 Å². The highest BCUT2D eigenvalue weighted by molar-refractivity contribution is 6.35. The van der Waals surface area contributed by atoms with E-state index in [1.54, 1.807) is 37.2 Å². The summed E-state index contributed by atoms with van der Waals surface area (Å²) >= 11 is 11.9. The highest BCUT2D eigenvalue weighted by atomic mass is 35.5. The van der Waals surface area contributed by atoms with E-state index in [0.717, 1.165) is 25.9 Å². The molecule has 0 aromatic heterocycles. The van der Waals surface area contributed by atoms with Crippen molar-refractivity contribution in [2.75, 3.05) is 39.0 Å². The van der Waals surface area contributed by atoms with E-state index >= 15 is 0 Å². The molecule has 1 aliphatic heterocycles. The number of hydrogen-bond donors (Lipinski definition) is 2. The first kappa shape index (κ1) is 18.8. The summed E-state index contributed by atoms with van der Waals surface area (Å²) in [6.07, 6.45) is 1.61. The lowest BCUT2D eigenvalue weighted by Crippen LogP contribution is -2.48. The highest BCUT2D eigenvalue weighted by Crippen LogP contribution is 2.25. The maximum atomic E-state index is 12.1. The minimum atomic E-state index is -0.304. The molecule has 1 aromatic rings. The van der Waals surface area contributed by atoms with Gasteiger partial charge in [0.15, 0.2) is 0 Å². The molecule has 1 aliphatic rings. The van der Waals surface area contributed by atoms with E-state index in [2.05, 4.69) is 15.5 Å². The number of hydrogen-bond acceptors (Lipinski definition) is 3. The maximum Gasteiger partial charge on any atom is 0.319 e. The second-order valence-corrected chi connectivity index (χ2v) is 6.90. The normalized spacial score (nSPS) is 15.8. The number of carbonyl (C=O) groups is 2. The Morgan fingerprint density at radius 2 is 1.92 bits per heavy atom. The van der Waals surface area contributed by atoms with Gasteiger partial charge < -0.3 is 15.5 Å². The summed E-state index contributed by atoms with van der Waals surface area (Å²) in [5.74, 6) is 0.0924. The first-order chi connectivity index (χ1) is 11.3. The van der Waals surface area contributed by atoms with Gasteiger partial charge in [-0.05, 0) is 31.0 Å². The van der Waals surface area contributed by atoms with Gasteiger partial charge >= 0.3 is 6.03 Å². The fraction of sp³-hybridized carbons (Fsp3) is 0.500. The Morgan fingerprint density at radius 1 is 1.25 bits per heavy atom. The summed E-state index contributed by atoms with van der Waals surface area (Å²) < 4.78 is 0. The second kappa shape index (κ2) is 8.55. The van der Waals surface area contributed by atoms with Gasteiger partial charge in [0.05, 0.1) is 17.3 Å². The average Bonchev–Trinajstić information content (AvgIpc) is 2.52. The summed E-state index contributed by atoms with van der Waals surface area (Å²) in [6, 6.07) is 4.69. The molecule has 1 heterocycles. The number of nitrogens with zero attached hydrogens (tertiary/aromatic N) is 2. The molecule has 2 N–H and O–H groups in total. The molecule has 0 unspecified atom stereocenters. The summed E-state index contributed by atoms with van der Waals surface area (Å²) in [5.41, 5.74) is 0.482. The number of halogens is 2. The van der Waals surface area contributed by atoms with Crippen LogP contribution in [0.25, 0.3) is 0 Å². The van der Waals surface area contributed by atoms with Crippen LogP contribution < -0.4 is 10.6 Å². The second-order valence-electron chi connectivity index (χ2n) is 6.06. The quantitative estimate of drug-likeness (QED) is 0.853. The molecule has 132 valence electrons. The molecule has 6 nitrogen and oxygen atoms in total. The maximum absolute atomic E-state index is 12.1. The third kappa shape index (κ3) is 5.54. The molecule has 1 aromatic carbocycles. The SMILES string of the molecule is CN(C)C(=O)CN1CCC(NC(=O)Nc2cc(Cl)ccc2Cl)CC1. The smallest absolute Gasteiger partial charge is 0.319 e. The predicted octanol–water partition coefficient (Wildman–Crippen LogP) is 2.67. The number of carbonyl (C=O) groups excluding carboxylic acids is 2. The van der Waals surface area contributed by atoms with Gasteiger partial charge in [-0.15, -0.1) is 0 Å². The summed E-state index contributed by atoms with van der Waals surface area (Å²) in [6.45, 7) is 1.98. The molecule has 0 spiro atoms. The number of rotatable bonds is 4. The molecule has 0 bridgehead atoms. The standard InChI is InChI=1S/C16H22Cl2N4O2/c1-21(2)15(23)10-22-7-5-12(6-8-22)19-16(24)20-14-9-11(17)3-4-13(14)18/h3-4,9,12H,5-8,10H2,1-2H3,(H2,19,20,24). The van der Waals surface area contributed by atoms with Gasteiger partial charge in [-0.25, -0.2) is 4.79 Å². The molecule has 0 saturated carbocycles. The van der Waals surface area contributed by atoms with Crippen LogP contribution in [-0.4, -0.2) is 61.5 Å². The Hall–Kier alpha value is -1.50. The van der Waals surface area contributed by atoms with E-state index < -0.39 is 0 Å². The van der Waals surface area contributed by atoms with Gasteiger partial charge in [0, 0.05) is 38.2 Å². The zero-order chi connectivity index (χ0) is 17.7. The van der Waals surface area contributed by atoms with Crippen LogP contribution in [-0.2, 0) is 4.79 Å². The van der Waals surface area contributed by atoms with E-state index in [-0.39, 0.29) is 18.0 Å². The van der Waals surface area contributed by atoms with E-state index in [4.69, 9.17) is 23.2 Å². The number of likely N-dealkylation sites (N-methyl/N-ethyl adjacent to an activating group) is 1. The van der Waals surface area contributed by atoms with Crippen LogP contribution in [0.5, 0.6) is 0 Å². The van der Waals surface area contributed by atoms with Gasteiger partial charge in [0.1, 0.15) is 0 Å². The van der Waals surface area contributed by atoms with Crippen molar-refractivity contribution in [1.29, 1.82) is 0 Å². The predicted molar refractivity (Wildman–Crippen MR) is 96.8 cm³/mol. The first-order valence-electron chi connectivity index (χ1n) is 7.80. The zero-order valence-electron chi connectivity index (χ0n) is 13.8.